The Morgan fingerprint density at radius 3 is 3.12 bits per heavy atom. The lowest BCUT2D eigenvalue weighted by molar-refractivity contribution is 0.583. The Morgan fingerprint density at radius 1 is 1.53 bits per heavy atom. The van der Waals surface area contributed by atoms with Crippen LogP contribution in [0.3, 0.4) is 0 Å². The summed E-state index contributed by atoms with van der Waals surface area (Å²) >= 11 is 1.94. The van der Waals surface area contributed by atoms with Gasteiger partial charge in [0.1, 0.15) is 11.6 Å². The number of aromatic nitrogens is 2. The zero-order valence-corrected chi connectivity index (χ0v) is 10.1. The van der Waals surface area contributed by atoms with Crippen molar-refractivity contribution < 1.29 is 0 Å². The van der Waals surface area contributed by atoms with Crippen molar-refractivity contribution in [2.24, 2.45) is 0 Å². The number of nitrogens with two attached hydrogens (primary N) is 1. The van der Waals surface area contributed by atoms with Crippen molar-refractivity contribution in [2.75, 3.05) is 17.2 Å². The van der Waals surface area contributed by atoms with Gasteiger partial charge in [0.25, 0.3) is 0 Å². The first-order valence-corrected chi connectivity index (χ1v) is 6.71. The van der Waals surface area contributed by atoms with Crippen LogP contribution in [0.4, 0.5) is 5.95 Å². The molecule has 0 amide bonds. The summed E-state index contributed by atoms with van der Waals surface area (Å²) in [6, 6.07) is 8.24. The van der Waals surface area contributed by atoms with Crippen molar-refractivity contribution in [1.29, 1.82) is 5.26 Å². The molecule has 0 spiro atoms. The van der Waals surface area contributed by atoms with Gasteiger partial charge in [-0.25, -0.2) is 4.98 Å². The van der Waals surface area contributed by atoms with Gasteiger partial charge in [0.15, 0.2) is 0 Å². The average Bonchev–Trinajstić information content (AvgIpc) is 2.93. The van der Waals surface area contributed by atoms with Gasteiger partial charge in [0, 0.05) is 11.8 Å². The highest BCUT2D eigenvalue weighted by atomic mass is 32.2. The number of rotatable bonds is 1. The van der Waals surface area contributed by atoms with Gasteiger partial charge in [-0.2, -0.15) is 17.0 Å². The molecule has 0 aliphatic carbocycles. The topological polar surface area (TPSA) is 67.6 Å². The minimum atomic E-state index is 0.416. The maximum atomic E-state index is 9.06. The Hall–Kier alpha value is -1.67. The lowest BCUT2D eigenvalue weighted by Gasteiger charge is -2.13. The van der Waals surface area contributed by atoms with Crippen molar-refractivity contribution in [2.45, 2.75) is 12.5 Å². The number of nitrogen functional groups attached to an aromatic ring is 1. The van der Waals surface area contributed by atoms with Crippen LogP contribution in [0.25, 0.3) is 11.0 Å². The van der Waals surface area contributed by atoms with E-state index in [0.29, 0.717) is 17.6 Å². The number of hydrogen-bond acceptors (Lipinski definition) is 4. The second kappa shape index (κ2) is 3.97. The Balaban J connectivity index is 2.24. The van der Waals surface area contributed by atoms with Crippen LogP contribution in [0.2, 0.25) is 0 Å². The lowest BCUT2D eigenvalue weighted by atomic mass is 10.2. The van der Waals surface area contributed by atoms with Gasteiger partial charge in [0.2, 0.25) is 5.95 Å². The lowest BCUT2D eigenvalue weighted by Crippen LogP contribution is -2.10. The fraction of sp³-hybridized carbons (Fsp3) is 0.333. The molecule has 4 nitrogen and oxygen atoms in total. The molecule has 0 bridgehead atoms. The third kappa shape index (κ3) is 1.56. The van der Waals surface area contributed by atoms with E-state index in [1.54, 1.807) is 6.07 Å². The standard InChI is InChI=1S/C12H12N4S/c13-6-8-2-1-3-10-11(8)15-12(14)16(10)9-4-5-17-7-9/h1-3,9H,4-5,7H2,(H2,14,15). The third-order valence-corrected chi connectivity index (χ3v) is 4.28. The molecule has 1 unspecified atom stereocenters. The summed E-state index contributed by atoms with van der Waals surface area (Å²) in [6.07, 6.45) is 1.12. The Morgan fingerprint density at radius 2 is 2.41 bits per heavy atom. The third-order valence-electron chi connectivity index (χ3n) is 3.14. The van der Waals surface area contributed by atoms with Gasteiger partial charge in [0.05, 0.1) is 11.1 Å². The number of nitrogens with zero attached hydrogens (tertiary/aromatic N) is 3. The molecule has 2 N–H and O–H groups in total. The zero-order chi connectivity index (χ0) is 11.8. The highest BCUT2D eigenvalue weighted by Gasteiger charge is 2.22. The SMILES string of the molecule is N#Cc1cccc2c1nc(N)n2C1CCSC1. The van der Waals surface area contributed by atoms with Gasteiger partial charge in [-0.3, -0.25) is 0 Å². The molecule has 1 aromatic heterocycles. The highest BCUT2D eigenvalue weighted by Crippen LogP contribution is 2.33. The second-order valence-corrected chi connectivity index (χ2v) is 5.29. The van der Waals surface area contributed by atoms with E-state index in [-0.39, 0.29) is 0 Å². The molecule has 0 saturated carbocycles. The molecule has 86 valence electrons. The molecule has 17 heavy (non-hydrogen) atoms. The molecule has 3 rings (SSSR count). The Bertz CT molecular complexity index is 605. The maximum absolute atomic E-state index is 9.06. The van der Waals surface area contributed by atoms with Gasteiger partial charge in [-0.1, -0.05) is 6.07 Å². The summed E-state index contributed by atoms with van der Waals surface area (Å²) in [5.41, 5.74) is 8.29. The summed E-state index contributed by atoms with van der Waals surface area (Å²) in [4.78, 5) is 4.34. The minimum absolute atomic E-state index is 0.416. The van der Waals surface area contributed by atoms with Gasteiger partial charge in [-0.05, 0) is 24.3 Å². The monoisotopic (exact) mass is 244 g/mol. The molecule has 0 radical (unpaired) electrons. The number of nitriles is 1. The first kappa shape index (κ1) is 10.5. The maximum Gasteiger partial charge on any atom is 0.201 e. The van der Waals surface area contributed by atoms with E-state index < -0.39 is 0 Å². The smallest absolute Gasteiger partial charge is 0.201 e. The number of hydrogen-bond donors (Lipinski definition) is 1. The predicted octanol–water partition coefficient (Wildman–Crippen LogP) is 2.17. The van der Waals surface area contributed by atoms with Crippen molar-refractivity contribution in [3.05, 3.63) is 23.8 Å². The molecular formula is C12H12N4S. The van der Waals surface area contributed by atoms with Gasteiger partial charge in [-0.15, -0.1) is 0 Å². The van der Waals surface area contributed by atoms with E-state index in [1.165, 1.54) is 5.75 Å². The quantitative estimate of drug-likeness (QED) is 0.834. The fourth-order valence-corrected chi connectivity index (χ4v) is 3.53. The van der Waals surface area contributed by atoms with E-state index in [0.717, 1.165) is 23.2 Å². The molecule has 2 heterocycles. The average molecular weight is 244 g/mol. The van der Waals surface area contributed by atoms with E-state index in [9.17, 15) is 0 Å². The van der Waals surface area contributed by atoms with Crippen LogP contribution >= 0.6 is 11.8 Å². The van der Waals surface area contributed by atoms with Crippen LogP contribution in [0.5, 0.6) is 0 Å². The number of para-hydroxylation sites is 1. The van der Waals surface area contributed by atoms with E-state index >= 15 is 0 Å². The molecule has 1 saturated heterocycles. The molecule has 1 aliphatic heterocycles. The zero-order valence-electron chi connectivity index (χ0n) is 9.26. The number of imidazole rings is 1. The Labute approximate surface area is 103 Å². The molecular weight excluding hydrogens is 232 g/mol. The highest BCUT2D eigenvalue weighted by molar-refractivity contribution is 7.99. The number of benzene rings is 1. The minimum Gasteiger partial charge on any atom is -0.369 e. The van der Waals surface area contributed by atoms with Gasteiger partial charge < -0.3 is 10.3 Å². The molecule has 1 aliphatic rings. The predicted molar refractivity (Wildman–Crippen MR) is 69.8 cm³/mol. The van der Waals surface area contributed by atoms with Gasteiger partial charge >= 0.3 is 0 Å². The van der Waals surface area contributed by atoms with Crippen molar-refractivity contribution in [1.82, 2.24) is 9.55 Å². The van der Waals surface area contributed by atoms with Crippen molar-refractivity contribution in [3.63, 3.8) is 0 Å². The first-order chi connectivity index (χ1) is 8.31. The van der Waals surface area contributed by atoms with Crippen LogP contribution < -0.4 is 5.73 Å². The van der Waals surface area contributed by atoms with Crippen molar-refractivity contribution >= 4 is 28.7 Å². The number of fused-ring (bicyclic) bond motifs is 1. The molecule has 1 fully saturated rings. The van der Waals surface area contributed by atoms with E-state index in [2.05, 4.69) is 15.6 Å². The molecule has 1 aromatic carbocycles. The van der Waals surface area contributed by atoms with Crippen molar-refractivity contribution in [3.8, 4) is 6.07 Å². The number of anilines is 1. The normalized spacial score (nSPS) is 19.6. The number of thioether (sulfide) groups is 1. The molecule has 1 atom stereocenters. The van der Waals surface area contributed by atoms with Crippen LogP contribution in [-0.4, -0.2) is 21.1 Å². The van der Waals surface area contributed by atoms with Crippen LogP contribution in [0.15, 0.2) is 18.2 Å². The summed E-state index contributed by atoms with van der Waals surface area (Å²) < 4.78 is 2.08. The van der Waals surface area contributed by atoms with E-state index in [1.807, 2.05) is 23.9 Å². The summed E-state index contributed by atoms with van der Waals surface area (Å²) in [5, 5.41) is 9.06. The van der Waals surface area contributed by atoms with Crippen LogP contribution in [0, 0.1) is 11.3 Å². The molecule has 5 heteroatoms. The fourth-order valence-electron chi connectivity index (χ4n) is 2.33. The largest absolute Gasteiger partial charge is 0.369 e. The molecule has 2 aromatic rings. The van der Waals surface area contributed by atoms with E-state index in [4.69, 9.17) is 11.0 Å². The summed E-state index contributed by atoms with van der Waals surface area (Å²) in [6.45, 7) is 0. The summed E-state index contributed by atoms with van der Waals surface area (Å²) in [7, 11) is 0. The van der Waals surface area contributed by atoms with Crippen LogP contribution in [-0.2, 0) is 0 Å². The second-order valence-electron chi connectivity index (χ2n) is 4.14. The first-order valence-electron chi connectivity index (χ1n) is 5.55. The summed E-state index contributed by atoms with van der Waals surface area (Å²) in [5.74, 6) is 2.77. The van der Waals surface area contributed by atoms with Crippen LogP contribution in [0.1, 0.15) is 18.0 Å². The Kier molecular flexibility index (Phi) is 2.45.